The molecule has 11 nitrogen and oxygen atoms in total. The Morgan fingerprint density at radius 2 is 1.63 bits per heavy atom. The average Bonchev–Trinajstić information content (AvgIpc) is 3.02. The molecule has 0 aliphatic heterocycles. The molecule has 0 spiro atoms. The molecule has 4 rings (SSSR count). The first-order valence-electron chi connectivity index (χ1n) is 13.6. The predicted octanol–water partition coefficient (Wildman–Crippen LogP) is 4.65. The van der Waals surface area contributed by atoms with Crippen molar-refractivity contribution in [2.45, 2.75) is 17.9 Å². The largest absolute Gasteiger partial charge is 0.491 e. The lowest BCUT2D eigenvalue weighted by molar-refractivity contribution is 0.00289. The number of hydrogen-bond acceptors (Lipinski definition) is 10. The summed E-state index contributed by atoms with van der Waals surface area (Å²) in [4.78, 5) is 21.2. The van der Waals surface area contributed by atoms with Crippen LogP contribution in [0.2, 0.25) is 0 Å². The van der Waals surface area contributed by atoms with E-state index in [0.29, 0.717) is 64.2 Å². The van der Waals surface area contributed by atoms with Crippen LogP contribution in [0.15, 0.2) is 48.7 Å². The summed E-state index contributed by atoms with van der Waals surface area (Å²) < 4.78 is 22.9. The number of fused-ring (bicyclic) bond motifs is 1. The summed E-state index contributed by atoms with van der Waals surface area (Å²) in [5.74, 6) is 1.11. The number of pyridine rings is 3. The summed E-state index contributed by atoms with van der Waals surface area (Å²) in [6.45, 7) is 8.08. The zero-order valence-electron chi connectivity index (χ0n) is 25.9. The standard InChI is InChI=1S/C32H38N6O5/c1-33-22-10-11-25-20(16-22)17-24(30(35-25)42-8)28(23-12-14-34-31(43-9)29(23)41-7)32(39,13-15-37(2)3)21-18-26(38(4)5)36-27(19-21)40-6/h10-12,14,16-19,28,39H,13,15H2,2-9H3. The van der Waals surface area contributed by atoms with Crippen LogP contribution in [0.4, 0.5) is 11.5 Å². The van der Waals surface area contributed by atoms with E-state index in [0.717, 1.165) is 5.39 Å². The van der Waals surface area contributed by atoms with Gasteiger partial charge in [-0.05, 0) is 61.8 Å². The molecular weight excluding hydrogens is 548 g/mol. The molecule has 1 aromatic carbocycles. The molecule has 0 radical (unpaired) electrons. The Bertz CT molecular complexity index is 1640. The molecule has 3 aromatic heterocycles. The lowest BCUT2D eigenvalue weighted by atomic mass is 9.71. The van der Waals surface area contributed by atoms with Gasteiger partial charge in [0.25, 0.3) is 5.88 Å². The lowest BCUT2D eigenvalue weighted by Gasteiger charge is -2.39. The van der Waals surface area contributed by atoms with Gasteiger partial charge >= 0.3 is 0 Å². The first kappa shape index (κ1) is 31.3. The molecule has 226 valence electrons. The van der Waals surface area contributed by atoms with Crippen molar-refractivity contribution in [3.05, 3.63) is 76.8 Å². The molecule has 0 bridgehead atoms. The van der Waals surface area contributed by atoms with Crippen molar-refractivity contribution < 1.29 is 24.1 Å². The fourth-order valence-corrected chi connectivity index (χ4v) is 5.23. The summed E-state index contributed by atoms with van der Waals surface area (Å²) >= 11 is 0. The molecule has 0 saturated carbocycles. The highest BCUT2D eigenvalue weighted by Crippen LogP contribution is 2.51. The van der Waals surface area contributed by atoms with E-state index in [4.69, 9.17) is 30.5 Å². The molecule has 11 heteroatoms. The Morgan fingerprint density at radius 1 is 0.884 bits per heavy atom. The van der Waals surface area contributed by atoms with Gasteiger partial charge in [-0.2, -0.15) is 4.98 Å². The third-order valence-corrected chi connectivity index (χ3v) is 7.41. The molecule has 1 N–H and O–H groups in total. The van der Waals surface area contributed by atoms with Gasteiger partial charge in [-0.3, -0.25) is 0 Å². The van der Waals surface area contributed by atoms with Gasteiger partial charge < -0.3 is 33.9 Å². The van der Waals surface area contributed by atoms with Gasteiger partial charge in [0, 0.05) is 44.0 Å². The lowest BCUT2D eigenvalue weighted by Crippen LogP contribution is -2.38. The van der Waals surface area contributed by atoms with Crippen LogP contribution in [0.1, 0.15) is 29.0 Å². The number of benzene rings is 1. The van der Waals surface area contributed by atoms with E-state index in [1.54, 1.807) is 50.7 Å². The van der Waals surface area contributed by atoms with Crippen LogP contribution in [0.25, 0.3) is 15.7 Å². The van der Waals surface area contributed by atoms with Gasteiger partial charge in [0.1, 0.15) is 11.4 Å². The number of anilines is 1. The minimum Gasteiger partial charge on any atom is -0.491 e. The van der Waals surface area contributed by atoms with E-state index in [1.807, 2.05) is 50.1 Å². The molecule has 0 amide bonds. The fourth-order valence-electron chi connectivity index (χ4n) is 5.23. The van der Waals surface area contributed by atoms with Crippen molar-refractivity contribution >= 4 is 22.4 Å². The van der Waals surface area contributed by atoms with Crippen molar-refractivity contribution in [3.63, 3.8) is 0 Å². The minimum absolute atomic E-state index is 0.268. The zero-order chi connectivity index (χ0) is 31.3. The van der Waals surface area contributed by atoms with Crippen LogP contribution in [-0.4, -0.2) is 88.1 Å². The predicted molar refractivity (Wildman–Crippen MR) is 166 cm³/mol. The molecule has 0 aliphatic carbocycles. The number of methoxy groups -OCH3 is 4. The summed E-state index contributed by atoms with van der Waals surface area (Å²) in [5, 5.41) is 14.0. The normalized spacial score (nSPS) is 13.2. The van der Waals surface area contributed by atoms with Crippen LogP contribution in [0, 0.1) is 6.57 Å². The van der Waals surface area contributed by atoms with E-state index < -0.39 is 11.5 Å². The highest BCUT2D eigenvalue weighted by atomic mass is 16.5. The minimum atomic E-state index is -1.59. The topological polar surface area (TPSA) is 107 Å². The number of hydrogen-bond donors (Lipinski definition) is 1. The second kappa shape index (κ2) is 13.1. The van der Waals surface area contributed by atoms with E-state index in [-0.39, 0.29) is 5.88 Å². The maximum absolute atomic E-state index is 13.2. The third-order valence-electron chi connectivity index (χ3n) is 7.41. The molecule has 2 unspecified atom stereocenters. The maximum atomic E-state index is 13.2. The van der Waals surface area contributed by atoms with Gasteiger partial charge in [-0.25, -0.2) is 14.8 Å². The molecule has 0 saturated heterocycles. The summed E-state index contributed by atoms with van der Waals surface area (Å²) in [6, 6.07) is 12.6. The Hall–Kier alpha value is -4.66. The molecule has 0 fully saturated rings. The second-order valence-electron chi connectivity index (χ2n) is 10.6. The van der Waals surface area contributed by atoms with Crippen LogP contribution in [-0.2, 0) is 5.60 Å². The van der Waals surface area contributed by atoms with Crippen LogP contribution < -0.4 is 23.8 Å². The molecule has 4 aromatic rings. The quantitative estimate of drug-likeness (QED) is 0.236. The van der Waals surface area contributed by atoms with Crippen LogP contribution in [0.5, 0.6) is 23.4 Å². The second-order valence-corrected chi connectivity index (χ2v) is 10.6. The highest BCUT2D eigenvalue weighted by Gasteiger charge is 2.45. The van der Waals surface area contributed by atoms with Crippen molar-refractivity contribution in [1.29, 1.82) is 0 Å². The summed E-state index contributed by atoms with van der Waals surface area (Å²) in [5.41, 5.74) is 1.31. The van der Waals surface area contributed by atoms with Gasteiger partial charge in [0.15, 0.2) is 11.4 Å². The monoisotopic (exact) mass is 586 g/mol. The van der Waals surface area contributed by atoms with Gasteiger partial charge in [-0.1, -0.05) is 6.07 Å². The first-order chi connectivity index (χ1) is 20.6. The van der Waals surface area contributed by atoms with Crippen molar-refractivity contribution in [3.8, 4) is 23.4 Å². The fraction of sp³-hybridized carbons (Fsp3) is 0.375. The van der Waals surface area contributed by atoms with Crippen molar-refractivity contribution in [1.82, 2.24) is 19.9 Å². The van der Waals surface area contributed by atoms with Gasteiger partial charge in [0.05, 0.1) is 46.4 Å². The van der Waals surface area contributed by atoms with E-state index in [9.17, 15) is 5.11 Å². The molecule has 3 heterocycles. The maximum Gasteiger partial charge on any atom is 0.257 e. The van der Waals surface area contributed by atoms with E-state index in [1.165, 1.54) is 14.2 Å². The third kappa shape index (κ3) is 6.26. The molecule has 0 aliphatic rings. The first-order valence-corrected chi connectivity index (χ1v) is 13.6. The number of rotatable bonds is 12. The SMILES string of the molecule is [C-]#[N+]c1ccc2nc(OC)c(C(c3ccnc(OC)c3OC)C(O)(CCN(C)C)c3cc(OC)nc(N(C)C)c3)cc2c1. The van der Waals surface area contributed by atoms with Crippen LogP contribution >= 0.6 is 0 Å². The number of aromatic nitrogens is 3. The molecule has 2 atom stereocenters. The Labute approximate surface area is 252 Å². The Balaban J connectivity index is 2.17. The smallest absolute Gasteiger partial charge is 0.257 e. The average molecular weight is 587 g/mol. The molecular formula is C32H38N6O5. The van der Waals surface area contributed by atoms with E-state index >= 15 is 0 Å². The zero-order valence-corrected chi connectivity index (χ0v) is 25.9. The summed E-state index contributed by atoms with van der Waals surface area (Å²) in [7, 11) is 13.8. The summed E-state index contributed by atoms with van der Waals surface area (Å²) in [6.07, 6.45) is 1.91. The number of ether oxygens (including phenoxy) is 4. The molecule has 43 heavy (non-hydrogen) atoms. The number of aliphatic hydroxyl groups is 1. The van der Waals surface area contributed by atoms with Crippen molar-refractivity contribution in [2.24, 2.45) is 0 Å². The van der Waals surface area contributed by atoms with Gasteiger partial charge in [-0.15, -0.1) is 0 Å². The van der Waals surface area contributed by atoms with E-state index in [2.05, 4.69) is 14.8 Å². The highest BCUT2D eigenvalue weighted by molar-refractivity contribution is 5.84. The van der Waals surface area contributed by atoms with Crippen LogP contribution in [0.3, 0.4) is 0 Å². The number of nitrogens with zero attached hydrogens (tertiary/aromatic N) is 6. The Kier molecular flexibility index (Phi) is 9.53. The van der Waals surface area contributed by atoms with Gasteiger partial charge in [0.2, 0.25) is 11.8 Å². The van der Waals surface area contributed by atoms with Crippen molar-refractivity contribution in [2.75, 3.05) is 68.1 Å². The Morgan fingerprint density at radius 3 is 2.23 bits per heavy atom.